The van der Waals surface area contributed by atoms with Crippen LogP contribution in [0.2, 0.25) is 0 Å². The second-order valence-electron chi connectivity index (χ2n) is 6.73. The largest absolute Gasteiger partial charge is 0.494 e. The predicted octanol–water partition coefficient (Wildman–Crippen LogP) is 3.16. The molecule has 1 saturated heterocycles. The molecule has 1 fully saturated rings. The van der Waals surface area contributed by atoms with Crippen molar-refractivity contribution in [3.63, 3.8) is 0 Å². The quantitative estimate of drug-likeness (QED) is 0.459. The molecule has 0 amide bonds. The van der Waals surface area contributed by atoms with Crippen molar-refractivity contribution in [2.24, 2.45) is 11.3 Å². The van der Waals surface area contributed by atoms with E-state index in [2.05, 4.69) is 0 Å². The van der Waals surface area contributed by atoms with E-state index < -0.39 is 16.2 Å². The third kappa shape index (κ3) is 3.67. The van der Waals surface area contributed by atoms with Crippen molar-refractivity contribution in [1.82, 2.24) is 0 Å². The minimum Gasteiger partial charge on any atom is -0.494 e. The van der Waals surface area contributed by atoms with Crippen molar-refractivity contribution in [1.29, 1.82) is 0 Å². The molecular formula is C17H23FN2O5. The van der Waals surface area contributed by atoms with Crippen LogP contribution < -0.4 is 9.64 Å². The standard InChI is InChI=1S/C17H23FN2O5/c1-17(2,16(21)25-4)11-6-5-7-19(10-11)13-9-15(24-3)12(18)8-14(13)20(22)23/h8-9,11H,5-7,10H2,1-4H3. The van der Waals surface area contributed by atoms with Crippen molar-refractivity contribution < 1.29 is 23.6 Å². The number of piperidine rings is 1. The molecule has 2 rings (SSSR count). The average Bonchev–Trinajstić information content (AvgIpc) is 2.60. The third-order valence-corrected chi connectivity index (χ3v) is 4.94. The summed E-state index contributed by atoms with van der Waals surface area (Å²) in [5.74, 6) is -1.17. The number of halogens is 1. The maximum atomic E-state index is 13.9. The first-order valence-corrected chi connectivity index (χ1v) is 8.07. The number of hydrogen-bond acceptors (Lipinski definition) is 6. The van der Waals surface area contributed by atoms with E-state index in [9.17, 15) is 19.3 Å². The highest BCUT2D eigenvalue weighted by Crippen LogP contribution is 2.40. The van der Waals surface area contributed by atoms with Gasteiger partial charge in [-0.1, -0.05) is 0 Å². The van der Waals surface area contributed by atoms with Crippen molar-refractivity contribution in [2.45, 2.75) is 26.7 Å². The van der Waals surface area contributed by atoms with Crippen LogP contribution in [0.3, 0.4) is 0 Å². The van der Waals surface area contributed by atoms with Gasteiger partial charge in [-0.3, -0.25) is 14.9 Å². The lowest BCUT2D eigenvalue weighted by atomic mass is 9.74. The molecule has 7 nitrogen and oxygen atoms in total. The summed E-state index contributed by atoms with van der Waals surface area (Å²) in [6.07, 6.45) is 1.58. The fourth-order valence-electron chi connectivity index (χ4n) is 3.30. The van der Waals surface area contributed by atoms with E-state index in [0.717, 1.165) is 18.9 Å². The number of anilines is 1. The monoisotopic (exact) mass is 354 g/mol. The molecule has 0 N–H and O–H groups in total. The highest BCUT2D eigenvalue weighted by atomic mass is 19.1. The van der Waals surface area contributed by atoms with Gasteiger partial charge in [0.25, 0.3) is 5.69 Å². The minimum atomic E-state index is -0.776. The van der Waals surface area contributed by atoms with Crippen LogP contribution in [-0.2, 0) is 9.53 Å². The molecular weight excluding hydrogens is 331 g/mol. The van der Waals surface area contributed by atoms with Crippen LogP contribution in [0.15, 0.2) is 12.1 Å². The molecule has 0 saturated carbocycles. The Hall–Kier alpha value is -2.38. The average molecular weight is 354 g/mol. The number of ether oxygens (including phenoxy) is 2. The molecule has 0 bridgehead atoms. The number of methoxy groups -OCH3 is 2. The van der Waals surface area contributed by atoms with Crippen LogP contribution in [0.4, 0.5) is 15.8 Å². The summed E-state index contributed by atoms with van der Waals surface area (Å²) in [6, 6.07) is 2.23. The van der Waals surface area contributed by atoms with Gasteiger partial charge < -0.3 is 14.4 Å². The second-order valence-corrected chi connectivity index (χ2v) is 6.73. The molecule has 1 atom stereocenters. The van der Waals surface area contributed by atoms with E-state index in [1.54, 1.807) is 0 Å². The van der Waals surface area contributed by atoms with Gasteiger partial charge in [-0.25, -0.2) is 4.39 Å². The van der Waals surface area contributed by atoms with Gasteiger partial charge in [0.15, 0.2) is 11.6 Å². The number of rotatable bonds is 5. The first kappa shape index (κ1) is 19.0. The molecule has 0 radical (unpaired) electrons. The number of carbonyl (C=O) groups is 1. The minimum absolute atomic E-state index is 0.0376. The van der Waals surface area contributed by atoms with Gasteiger partial charge in [0.05, 0.1) is 30.6 Å². The fraction of sp³-hybridized carbons (Fsp3) is 0.588. The van der Waals surface area contributed by atoms with Gasteiger partial charge in [-0.15, -0.1) is 0 Å². The summed E-state index contributed by atoms with van der Waals surface area (Å²) >= 11 is 0. The fourth-order valence-corrected chi connectivity index (χ4v) is 3.30. The van der Waals surface area contributed by atoms with Crippen molar-refractivity contribution in [2.75, 3.05) is 32.2 Å². The summed E-state index contributed by atoms with van der Waals surface area (Å²) in [7, 11) is 2.66. The van der Waals surface area contributed by atoms with Crippen LogP contribution >= 0.6 is 0 Å². The Kier molecular flexibility index (Phi) is 5.49. The van der Waals surface area contributed by atoms with E-state index in [1.165, 1.54) is 20.3 Å². The Labute approximate surface area is 145 Å². The molecule has 1 aliphatic rings. The van der Waals surface area contributed by atoms with Crippen molar-refractivity contribution in [3.05, 3.63) is 28.1 Å². The van der Waals surface area contributed by atoms with E-state index in [0.29, 0.717) is 18.8 Å². The summed E-state index contributed by atoms with van der Waals surface area (Å²) in [5.41, 5.74) is -0.727. The van der Waals surface area contributed by atoms with Gasteiger partial charge in [0.2, 0.25) is 0 Å². The van der Waals surface area contributed by atoms with Gasteiger partial charge >= 0.3 is 5.97 Å². The lowest BCUT2D eigenvalue weighted by Gasteiger charge is -2.40. The first-order valence-electron chi connectivity index (χ1n) is 8.07. The normalized spacial score (nSPS) is 18.0. The molecule has 0 aromatic heterocycles. The molecule has 1 unspecified atom stereocenters. The van der Waals surface area contributed by atoms with Gasteiger partial charge in [0.1, 0.15) is 5.69 Å². The first-order chi connectivity index (χ1) is 11.7. The lowest BCUT2D eigenvalue weighted by molar-refractivity contribution is -0.384. The molecule has 0 aliphatic carbocycles. The highest BCUT2D eigenvalue weighted by molar-refractivity contribution is 5.76. The molecule has 25 heavy (non-hydrogen) atoms. The number of benzene rings is 1. The number of nitrogens with zero attached hydrogens (tertiary/aromatic N) is 2. The summed E-state index contributed by atoms with van der Waals surface area (Å²) in [4.78, 5) is 24.6. The number of esters is 1. The maximum absolute atomic E-state index is 13.9. The van der Waals surface area contributed by atoms with E-state index >= 15 is 0 Å². The van der Waals surface area contributed by atoms with Gasteiger partial charge in [-0.2, -0.15) is 0 Å². The molecule has 1 aliphatic heterocycles. The van der Waals surface area contributed by atoms with Crippen LogP contribution in [-0.4, -0.2) is 38.2 Å². The molecule has 1 heterocycles. The predicted molar refractivity (Wildman–Crippen MR) is 90.3 cm³/mol. The zero-order chi connectivity index (χ0) is 18.8. The van der Waals surface area contributed by atoms with E-state index in [4.69, 9.17) is 9.47 Å². The van der Waals surface area contributed by atoms with Gasteiger partial charge in [0, 0.05) is 19.2 Å². The molecule has 138 valence electrons. The van der Waals surface area contributed by atoms with Crippen LogP contribution in [0.25, 0.3) is 0 Å². The summed E-state index contributed by atoms with van der Waals surface area (Å²) < 4.78 is 23.7. The second kappa shape index (κ2) is 7.25. The molecule has 1 aromatic carbocycles. The number of nitro groups is 1. The smallest absolute Gasteiger partial charge is 0.311 e. The van der Waals surface area contributed by atoms with Crippen LogP contribution in [0.5, 0.6) is 5.75 Å². The van der Waals surface area contributed by atoms with E-state index in [-0.39, 0.29) is 23.3 Å². The third-order valence-electron chi connectivity index (χ3n) is 4.94. The van der Waals surface area contributed by atoms with E-state index in [1.807, 2.05) is 18.7 Å². The Morgan fingerprint density at radius 1 is 1.40 bits per heavy atom. The SMILES string of the molecule is COC(=O)C(C)(C)C1CCCN(c2cc(OC)c(F)cc2[N+](=O)[O-])C1. The molecule has 0 spiro atoms. The Bertz CT molecular complexity index is 677. The zero-order valence-electron chi connectivity index (χ0n) is 14.9. The number of hydrogen-bond donors (Lipinski definition) is 0. The lowest BCUT2D eigenvalue weighted by Crippen LogP contribution is -2.45. The maximum Gasteiger partial charge on any atom is 0.311 e. The Balaban J connectivity index is 2.38. The van der Waals surface area contributed by atoms with Crippen LogP contribution in [0, 0.1) is 27.3 Å². The Morgan fingerprint density at radius 2 is 2.08 bits per heavy atom. The summed E-state index contributed by atoms with van der Waals surface area (Å²) in [6.45, 7) is 4.65. The Morgan fingerprint density at radius 3 is 2.64 bits per heavy atom. The summed E-state index contributed by atoms with van der Waals surface area (Å²) in [5, 5.41) is 11.3. The number of carbonyl (C=O) groups excluding carboxylic acids is 1. The van der Waals surface area contributed by atoms with Crippen LogP contribution in [0.1, 0.15) is 26.7 Å². The number of nitro benzene ring substituents is 1. The van der Waals surface area contributed by atoms with Gasteiger partial charge in [-0.05, 0) is 32.6 Å². The topological polar surface area (TPSA) is 81.9 Å². The molecule has 8 heteroatoms. The highest BCUT2D eigenvalue weighted by Gasteiger charge is 2.41. The van der Waals surface area contributed by atoms with Crippen molar-refractivity contribution in [3.8, 4) is 5.75 Å². The zero-order valence-corrected chi connectivity index (χ0v) is 14.9. The molecule has 1 aromatic rings. The van der Waals surface area contributed by atoms with Crippen molar-refractivity contribution >= 4 is 17.3 Å².